The molecule has 0 aliphatic heterocycles. The van der Waals surface area contributed by atoms with E-state index in [1.807, 2.05) is 18.2 Å². The lowest BCUT2D eigenvalue weighted by molar-refractivity contribution is 0.352. The molecular formula is C14H21NO2. The summed E-state index contributed by atoms with van der Waals surface area (Å²) in [4.78, 5) is 0. The molecule has 0 aromatic heterocycles. The lowest BCUT2D eigenvalue weighted by Gasteiger charge is -2.14. The summed E-state index contributed by atoms with van der Waals surface area (Å²) in [5, 5.41) is 0. The second-order valence-corrected chi connectivity index (χ2v) is 3.95. The first-order chi connectivity index (χ1) is 8.21. The minimum absolute atomic E-state index is 0.162. The fourth-order valence-corrected chi connectivity index (χ4v) is 1.54. The third kappa shape index (κ3) is 4.11. The standard InChI is InChI=1S/C14H21NO2/c1-4-8-17-14-10-13(16-3)7-6-11(14)9-12(15)5-2/h4,6-7,10,12H,1,5,8-9,15H2,2-3H3. The van der Waals surface area contributed by atoms with Crippen molar-refractivity contribution < 1.29 is 9.47 Å². The van der Waals surface area contributed by atoms with E-state index in [0.717, 1.165) is 29.9 Å². The molecular weight excluding hydrogens is 214 g/mol. The second-order valence-electron chi connectivity index (χ2n) is 3.95. The van der Waals surface area contributed by atoms with E-state index >= 15 is 0 Å². The largest absolute Gasteiger partial charge is 0.497 e. The van der Waals surface area contributed by atoms with Crippen molar-refractivity contribution in [2.75, 3.05) is 13.7 Å². The van der Waals surface area contributed by atoms with Gasteiger partial charge in [0, 0.05) is 12.1 Å². The molecule has 0 radical (unpaired) electrons. The fourth-order valence-electron chi connectivity index (χ4n) is 1.54. The number of ether oxygens (including phenoxy) is 2. The highest BCUT2D eigenvalue weighted by molar-refractivity contribution is 5.41. The SMILES string of the molecule is C=CCOc1cc(OC)ccc1CC(N)CC. The molecule has 0 aliphatic carbocycles. The number of hydrogen-bond donors (Lipinski definition) is 1. The van der Waals surface area contributed by atoms with Gasteiger partial charge in [-0.2, -0.15) is 0 Å². The molecule has 3 heteroatoms. The molecule has 0 heterocycles. The summed E-state index contributed by atoms with van der Waals surface area (Å²) >= 11 is 0. The maximum Gasteiger partial charge on any atom is 0.126 e. The van der Waals surface area contributed by atoms with Crippen molar-refractivity contribution in [1.82, 2.24) is 0 Å². The van der Waals surface area contributed by atoms with Crippen LogP contribution >= 0.6 is 0 Å². The van der Waals surface area contributed by atoms with Crippen molar-refractivity contribution in [3.8, 4) is 11.5 Å². The molecule has 2 N–H and O–H groups in total. The molecule has 0 amide bonds. The van der Waals surface area contributed by atoms with Gasteiger partial charge in [-0.15, -0.1) is 0 Å². The summed E-state index contributed by atoms with van der Waals surface area (Å²) in [6.45, 7) is 6.21. The van der Waals surface area contributed by atoms with Gasteiger partial charge in [0.15, 0.2) is 0 Å². The van der Waals surface area contributed by atoms with Crippen LogP contribution in [-0.2, 0) is 6.42 Å². The molecule has 1 rings (SSSR count). The molecule has 94 valence electrons. The van der Waals surface area contributed by atoms with Crippen LogP contribution in [-0.4, -0.2) is 19.8 Å². The smallest absolute Gasteiger partial charge is 0.126 e. The monoisotopic (exact) mass is 235 g/mol. The molecule has 0 saturated carbocycles. The second kappa shape index (κ2) is 6.97. The molecule has 1 atom stereocenters. The van der Waals surface area contributed by atoms with Gasteiger partial charge in [0.1, 0.15) is 18.1 Å². The van der Waals surface area contributed by atoms with E-state index in [1.165, 1.54) is 0 Å². The Bertz CT molecular complexity index is 363. The maximum atomic E-state index is 5.97. The highest BCUT2D eigenvalue weighted by atomic mass is 16.5. The third-order valence-corrected chi connectivity index (χ3v) is 2.64. The van der Waals surface area contributed by atoms with Crippen LogP contribution in [0.3, 0.4) is 0 Å². The molecule has 0 fully saturated rings. The predicted molar refractivity (Wildman–Crippen MR) is 70.7 cm³/mol. The highest BCUT2D eigenvalue weighted by Gasteiger charge is 2.09. The van der Waals surface area contributed by atoms with Crippen molar-refractivity contribution in [3.63, 3.8) is 0 Å². The van der Waals surface area contributed by atoms with Gasteiger partial charge in [-0.1, -0.05) is 25.6 Å². The number of rotatable bonds is 7. The van der Waals surface area contributed by atoms with Gasteiger partial charge in [0.2, 0.25) is 0 Å². The average Bonchev–Trinajstić information content (AvgIpc) is 2.37. The average molecular weight is 235 g/mol. The normalized spacial score (nSPS) is 11.9. The zero-order valence-electron chi connectivity index (χ0n) is 10.6. The summed E-state index contributed by atoms with van der Waals surface area (Å²) in [5.74, 6) is 1.62. The highest BCUT2D eigenvalue weighted by Crippen LogP contribution is 2.26. The quantitative estimate of drug-likeness (QED) is 0.739. The first-order valence-electron chi connectivity index (χ1n) is 5.87. The first-order valence-corrected chi connectivity index (χ1v) is 5.87. The Hall–Kier alpha value is -1.48. The molecule has 0 saturated heterocycles. The van der Waals surface area contributed by atoms with Gasteiger partial charge >= 0.3 is 0 Å². The lowest BCUT2D eigenvalue weighted by atomic mass is 10.0. The van der Waals surface area contributed by atoms with Crippen LogP contribution in [0, 0.1) is 0 Å². The molecule has 0 aliphatic rings. The molecule has 1 aromatic rings. The van der Waals surface area contributed by atoms with Crippen LogP contribution in [0.2, 0.25) is 0 Å². The molecule has 1 aromatic carbocycles. The van der Waals surface area contributed by atoms with E-state index in [0.29, 0.717) is 6.61 Å². The third-order valence-electron chi connectivity index (χ3n) is 2.64. The van der Waals surface area contributed by atoms with Crippen molar-refractivity contribution >= 4 is 0 Å². The minimum atomic E-state index is 0.162. The van der Waals surface area contributed by atoms with Crippen LogP contribution in [0.1, 0.15) is 18.9 Å². The zero-order valence-corrected chi connectivity index (χ0v) is 10.6. The van der Waals surface area contributed by atoms with Crippen molar-refractivity contribution in [1.29, 1.82) is 0 Å². The lowest BCUT2D eigenvalue weighted by Crippen LogP contribution is -2.21. The Morgan fingerprint density at radius 2 is 2.24 bits per heavy atom. The Balaban J connectivity index is 2.88. The predicted octanol–water partition coefficient (Wildman–Crippen LogP) is 2.54. The Labute approximate surface area is 103 Å². The molecule has 3 nitrogen and oxygen atoms in total. The van der Waals surface area contributed by atoms with Gasteiger partial charge in [-0.25, -0.2) is 0 Å². The first kappa shape index (κ1) is 13.6. The number of nitrogens with two attached hydrogens (primary N) is 1. The van der Waals surface area contributed by atoms with E-state index in [2.05, 4.69) is 13.5 Å². The summed E-state index contributed by atoms with van der Waals surface area (Å²) in [5.41, 5.74) is 7.08. The van der Waals surface area contributed by atoms with Gasteiger partial charge in [-0.05, 0) is 24.5 Å². The van der Waals surface area contributed by atoms with Crippen molar-refractivity contribution in [2.24, 2.45) is 5.73 Å². The van der Waals surface area contributed by atoms with E-state index in [4.69, 9.17) is 15.2 Å². The number of benzene rings is 1. The summed E-state index contributed by atoms with van der Waals surface area (Å²) in [7, 11) is 1.64. The van der Waals surface area contributed by atoms with Crippen molar-refractivity contribution in [2.45, 2.75) is 25.8 Å². The number of methoxy groups -OCH3 is 1. The maximum absolute atomic E-state index is 5.97. The minimum Gasteiger partial charge on any atom is -0.497 e. The molecule has 0 spiro atoms. The topological polar surface area (TPSA) is 44.5 Å². The van der Waals surface area contributed by atoms with E-state index < -0.39 is 0 Å². The van der Waals surface area contributed by atoms with Gasteiger partial charge in [-0.3, -0.25) is 0 Å². The van der Waals surface area contributed by atoms with Crippen LogP contribution in [0.15, 0.2) is 30.9 Å². The van der Waals surface area contributed by atoms with Crippen LogP contribution in [0.25, 0.3) is 0 Å². The molecule has 1 unspecified atom stereocenters. The fraction of sp³-hybridized carbons (Fsp3) is 0.429. The van der Waals surface area contributed by atoms with Gasteiger partial charge in [0.05, 0.1) is 7.11 Å². The van der Waals surface area contributed by atoms with E-state index in [-0.39, 0.29) is 6.04 Å². The van der Waals surface area contributed by atoms with Crippen molar-refractivity contribution in [3.05, 3.63) is 36.4 Å². The van der Waals surface area contributed by atoms with Crippen LogP contribution in [0.5, 0.6) is 11.5 Å². The van der Waals surface area contributed by atoms with Gasteiger partial charge < -0.3 is 15.2 Å². The summed E-state index contributed by atoms with van der Waals surface area (Å²) < 4.78 is 10.8. The van der Waals surface area contributed by atoms with Crippen LogP contribution < -0.4 is 15.2 Å². The van der Waals surface area contributed by atoms with Crippen LogP contribution in [0.4, 0.5) is 0 Å². The number of hydrogen-bond acceptors (Lipinski definition) is 3. The van der Waals surface area contributed by atoms with Gasteiger partial charge in [0.25, 0.3) is 0 Å². The zero-order chi connectivity index (χ0) is 12.7. The van der Waals surface area contributed by atoms with E-state index in [9.17, 15) is 0 Å². The Morgan fingerprint density at radius 3 is 2.82 bits per heavy atom. The summed E-state index contributed by atoms with van der Waals surface area (Å²) in [6, 6.07) is 5.99. The Morgan fingerprint density at radius 1 is 1.47 bits per heavy atom. The summed E-state index contributed by atoms with van der Waals surface area (Å²) in [6.07, 6.45) is 3.49. The molecule has 0 bridgehead atoms. The molecule has 17 heavy (non-hydrogen) atoms. The van der Waals surface area contributed by atoms with E-state index in [1.54, 1.807) is 13.2 Å². The Kier molecular flexibility index (Phi) is 5.57.